The molecule has 0 radical (unpaired) electrons. The average molecular weight is 399 g/mol. The van der Waals surface area contributed by atoms with Crippen molar-refractivity contribution in [2.45, 2.75) is 45.3 Å². The predicted octanol–water partition coefficient (Wildman–Crippen LogP) is 3.22. The Balaban J connectivity index is 1.25. The minimum Gasteiger partial charge on any atom is -0.445 e. The predicted molar refractivity (Wildman–Crippen MR) is 110 cm³/mol. The van der Waals surface area contributed by atoms with Crippen molar-refractivity contribution in [1.29, 1.82) is 0 Å². The van der Waals surface area contributed by atoms with Crippen LogP contribution in [-0.2, 0) is 22.7 Å². The fourth-order valence-corrected chi connectivity index (χ4v) is 3.51. The van der Waals surface area contributed by atoms with Crippen molar-refractivity contribution >= 4 is 12.0 Å². The monoisotopic (exact) mass is 398 g/mol. The highest BCUT2D eigenvalue weighted by Gasteiger charge is 2.27. The molecule has 0 bridgehead atoms. The summed E-state index contributed by atoms with van der Waals surface area (Å²) < 4.78 is 7.44. The molecule has 0 saturated carbocycles. The summed E-state index contributed by atoms with van der Waals surface area (Å²) in [5.41, 5.74) is 0.972. The molecule has 0 unspecified atom stereocenters. The number of nitrogens with one attached hydrogen (secondary N) is 1. The van der Waals surface area contributed by atoms with E-state index in [1.54, 1.807) is 11.1 Å². The summed E-state index contributed by atoms with van der Waals surface area (Å²) in [6.45, 7) is 3.09. The molecule has 0 atom stereocenters. The number of unbranched alkanes of at least 4 members (excludes halogenated alkanes) is 2. The third-order valence-electron chi connectivity index (χ3n) is 5.28. The van der Waals surface area contributed by atoms with Crippen LogP contribution in [-0.4, -0.2) is 46.1 Å². The molecule has 2 heterocycles. The highest BCUT2D eigenvalue weighted by molar-refractivity contribution is 5.79. The third-order valence-corrected chi connectivity index (χ3v) is 5.28. The first-order chi connectivity index (χ1) is 14.2. The van der Waals surface area contributed by atoms with Gasteiger partial charge in [-0.05, 0) is 37.7 Å². The average Bonchev–Trinajstić information content (AvgIpc) is 3.28. The normalized spacial score (nSPS) is 14.6. The van der Waals surface area contributed by atoms with Crippen LogP contribution in [0.25, 0.3) is 0 Å². The Bertz CT molecular complexity index is 741. The number of carbonyl (C=O) groups excluding carboxylic acids is 2. The second-order valence-electron chi connectivity index (χ2n) is 7.45. The summed E-state index contributed by atoms with van der Waals surface area (Å²) in [5.74, 6) is 0.0936. The van der Waals surface area contributed by atoms with Gasteiger partial charge in [-0.2, -0.15) is 0 Å². The summed E-state index contributed by atoms with van der Waals surface area (Å²) in [4.78, 5) is 30.3. The molecule has 3 rings (SSSR count). The zero-order valence-corrected chi connectivity index (χ0v) is 16.8. The first-order valence-corrected chi connectivity index (χ1v) is 10.4. The highest BCUT2D eigenvalue weighted by atomic mass is 16.6. The number of aryl methyl sites for hydroxylation is 1. The van der Waals surface area contributed by atoms with Crippen molar-refractivity contribution in [3.8, 4) is 0 Å². The van der Waals surface area contributed by atoms with Gasteiger partial charge in [0.15, 0.2) is 0 Å². The van der Waals surface area contributed by atoms with E-state index in [0.29, 0.717) is 32.5 Å². The van der Waals surface area contributed by atoms with Crippen LogP contribution in [0.5, 0.6) is 0 Å². The van der Waals surface area contributed by atoms with Gasteiger partial charge in [-0.3, -0.25) is 4.79 Å². The van der Waals surface area contributed by atoms with Crippen molar-refractivity contribution in [2.24, 2.45) is 5.92 Å². The molecule has 29 heavy (non-hydrogen) atoms. The van der Waals surface area contributed by atoms with Crippen molar-refractivity contribution in [3.63, 3.8) is 0 Å². The van der Waals surface area contributed by atoms with E-state index < -0.39 is 0 Å². The van der Waals surface area contributed by atoms with E-state index in [-0.39, 0.29) is 24.5 Å². The van der Waals surface area contributed by atoms with Gasteiger partial charge in [-0.15, -0.1) is 0 Å². The van der Waals surface area contributed by atoms with Crippen molar-refractivity contribution in [2.75, 3.05) is 19.6 Å². The zero-order chi connectivity index (χ0) is 20.3. The number of imidazole rings is 1. The van der Waals surface area contributed by atoms with E-state index >= 15 is 0 Å². The molecule has 1 aromatic heterocycles. The van der Waals surface area contributed by atoms with E-state index in [2.05, 4.69) is 14.9 Å². The highest BCUT2D eigenvalue weighted by Crippen LogP contribution is 2.18. The SMILES string of the molecule is O=C(NCCCCCn1ccnc1)C1CCN(C(=O)OCc2ccccc2)CC1. The van der Waals surface area contributed by atoms with Gasteiger partial charge in [-0.1, -0.05) is 30.3 Å². The maximum absolute atomic E-state index is 12.3. The second-order valence-corrected chi connectivity index (χ2v) is 7.45. The number of nitrogens with zero attached hydrogens (tertiary/aromatic N) is 3. The van der Waals surface area contributed by atoms with Crippen LogP contribution in [0.4, 0.5) is 4.79 Å². The molecule has 1 saturated heterocycles. The quantitative estimate of drug-likeness (QED) is 0.658. The van der Waals surface area contributed by atoms with E-state index in [4.69, 9.17) is 4.74 Å². The Morgan fingerprint density at radius 1 is 1.10 bits per heavy atom. The number of hydrogen-bond acceptors (Lipinski definition) is 4. The van der Waals surface area contributed by atoms with Crippen LogP contribution >= 0.6 is 0 Å². The van der Waals surface area contributed by atoms with Crippen molar-refractivity contribution in [1.82, 2.24) is 19.8 Å². The summed E-state index contributed by atoms with van der Waals surface area (Å²) in [6.07, 6.45) is 9.78. The minimum atomic E-state index is -0.300. The van der Waals surface area contributed by atoms with Crippen LogP contribution in [0.2, 0.25) is 0 Å². The van der Waals surface area contributed by atoms with Gasteiger partial charge >= 0.3 is 6.09 Å². The molecule has 0 spiro atoms. The molecule has 7 nitrogen and oxygen atoms in total. The van der Waals surface area contributed by atoms with Crippen LogP contribution in [0, 0.1) is 5.92 Å². The molecule has 1 aliphatic rings. The van der Waals surface area contributed by atoms with Gasteiger partial charge in [0, 0.05) is 44.5 Å². The Morgan fingerprint density at radius 2 is 1.90 bits per heavy atom. The first kappa shape index (κ1) is 20.9. The summed E-state index contributed by atoms with van der Waals surface area (Å²) in [5, 5.41) is 3.04. The van der Waals surface area contributed by atoms with Crippen LogP contribution in [0.3, 0.4) is 0 Å². The number of likely N-dealkylation sites (tertiary alicyclic amines) is 1. The van der Waals surface area contributed by atoms with Crippen LogP contribution < -0.4 is 5.32 Å². The maximum atomic E-state index is 12.3. The number of amides is 2. The van der Waals surface area contributed by atoms with Gasteiger partial charge in [0.2, 0.25) is 5.91 Å². The Kier molecular flexibility index (Phi) is 8.10. The number of benzene rings is 1. The Labute approximate surface area is 172 Å². The first-order valence-electron chi connectivity index (χ1n) is 10.4. The minimum absolute atomic E-state index is 0.0147. The van der Waals surface area contributed by atoms with Gasteiger partial charge in [0.1, 0.15) is 6.61 Å². The number of rotatable bonds is 9. The van der Waals surface area contributed by atoms with Gasteiger partial charge < -0.3 is 19.5 Å². The lowest BCUT2D eigenvalue weighted by Crippen LogP contribution is -2.43. The molecule has 1 aliphatic heterocycles. The Morgan fingerprint density at radius 3 is 2.62 bits per heavy atom. The molecule has 0 aliphatic carbocycles. The number of carbonyl (C=O) groups is 2. The lowest BCUT2D eigenvalue weighted by Gasteiger charge is -2.30. The number of ether oxygens (including phenoxy) is 1. The molecular weight excluding hydrogens is 368 g/mol. The lowest BCUT2D eigenvalue weighted by atomic mass is 9.96. The Hall–Kier alpha value is -2.83. The van der Waals surface area contributed by atoms with Gasteiger partial charge in [0.05, 0.1) is 6.33 Å². The topological polar surface area (TPSA) is 76.5 Å². The van der Waals surface area contributed by atoms with Crippen LogP contribution in [0.1, 0.15) is 37.7 Å². The third kappa shape index (κ3) is 6.93. The lowest BCUT2D eigenvalue weighted by molar-refractivity contribution is -0.126. The molecule has 1 aromatic carbocycles. The number of hydrogen-bond donors (Lipinski definition) is 1. The van der Waals surface area contributed by atoms with Crippen LogP contribution in [0.15, 0.2) is 49.1 Å². The zero-order valence-electron chi connectivity index (χ0n) is 16.8. The summed E-state index contributed by atoms with van der Waals surface area (Å²) >= 11 is 0. The van der Waals surface area contributed by atoms with E-state index in [1.807, 2.05) is 42.9 Å². The summed E-state index contributed by atoms with van der Waals surface area (Å²) in [6, 6.07) is 9.64. The van der Waals surface area contributed by atoms with E-state index in [0.717, 1.165) is 31.4 Å². The van der Waals surface area contributed by atoms with Crippen molar-refractivity contribution < 1.29 is 14.3 Å². The van der Waals surface area contributed by atoms with E-state index in [1.165, 1.54) is 0 Å². The number of aromatic nitrogens is 2. The summed E-state index contributed by atoms with van der Waals surface area (Å²) in [7, 11) is 0. The standard InChI is InChI=1S/C22H30N4O3/c27-21(24-11-5-2-6-13-25-16-12-23-18-25)20-9-14-26(15-10-20)22(28)29-17-19-7-3-1-4-8-19/h1,3-4,7-8,12,16,18,20H,2,5-6,9-11,13-15,17H2,(H,24,27). The van der Waals surface area contributed by atoms with Gasteiger partial charge in [-0.25, -0.2) is 9.78 Å². The smallest absolute Gasteiger partial charge is 0.410 e. The molecule has 1 N–H and O–H groups in total. The number of piperidine rings is 1. The second kappa shape index (κ2) is 11.2. The molecule has 1 fully saturated rings. The fourth-order valence-electron chi connectivity index (χ4n) is 3.51. The molecule has 156 valence electrons. The fraction of sp³-hybridized carbons (Fsp3) is 0.500. The molecule has 2 amide bonds. The van der Waals surface area contributed by atoms with Crippen molar-refractivity contribution in [3.05, 3.63) is 54.6 Å². The molecule has 2 aromatic rings. The molecule has 7 heteroatoms. The van der Waals surface area contributed by atoms with E-state index in [9.17, 15) is 9.59 Å². The maximum Gasteiger partial charge on any atom is 0.410 e. The van der Waals surface area contributed by atoms with Gasteiger partial charge in [0.25, 0.3) is 0 Å². The largest absolute Gasteiger partial charge is 0.445 e. The molecular formula is C22H30N4O3.